The van der Waals surface area contributed by atoms with Gasteiger partial charge in [0.05, 0.1) is 27.6 Å². The molecule has 2 heteroatoms. The van der Waals surface area contributed by atoms with Crippen LogP contribution in [0.2, 0.25) is 0 Å². The predicted octanol–water partition coefficient (Wildman–Crippen LogP) is 23.5. The molecule has 0 radical (unpaired) electrons. The van der Waals surface area contributed by atoms with E-state index < -0.39 is 10.8 Å². The lowest BCUT2D eigenvalue weighted by atomic mass is 9.70. The number of nitrogens with zero attached hydrogens (tertiary/aromatic N) is 2. The molecule has 0 fully saturated rings. The summed E-state index contributed by atoms with van der Waals surface area (Å²) in [6.45, 7) is 18.5. The maximum Gasteiger partial charge on any atom is 0.0726 e. The lowest BCUT2D eigenvalue weighted by molar-refractivity contribution is 0.590. The average molecular weight is 1180 g/mol. The molecule has 0 unspecified atom stereocenters. The number of aryl methyl sites for hydroxylation is 2. The van der Waals surface area contributed by atoms with Crippen LogP contribution in [0.3, 0.4) is 0 Å². The van der Waals surface area contributed by atoms with E-state index in [0.29, 0.717) is 0 Å². The van der Waals surface area contributed by atoms with Crippen LogP contribution in [0, 0.1) is 13.8 Å². The SMILES string of the molecule is Cc1cc(-c2cccc(-c3cccc(N(c4ccc5c(c4)C4(c6ccccc6-c6ccccc64)c4ccccc4-5)c4ccc5c(c4)C4(c6ccccc6-c6ccccc64)c4ccccc4-5)c3)c2)cc(C)c1-n1c2ccc(C(C)(C)C)cc2c2cc(C(C)(C)C)ccc21. The van der Waals surface area contributed by atoms with Crippen molar-refractivity contribution < 1.29 is 0 Å². The lowest BCUT2D eigenvalue weighted by Crippen LogP contribution is -2.26. The second-order valence-electron chi connectivity index (χ2n) is 28.5. The molecule has 14 aromatic rings. The largest absolute Gasteiger partial charge is 0.310 e. The molecule has 0 N–H and O–H groups in total. The normalized spacial score (nSPS) is 14.0. The van der Waals surface area contributed by atoms with Crippen molar-refractivity contribution in [1.82, 2.24) is 4.57 Å². The van der Waals surface area contributed by atoms with Gasteiger partial charge in [-0.2, -0.15) is 0 Å². The summed E-state index contributed by atoms with van der Waals surface area (Å²) in [5, 5.41) is 2.61. The Kier molecular flexibility index (Phi) is 11.5. The number of hydrogen-bond acceptors (Lipinski definition) is 1. The zero-order valence-electron chi connectivity index (χ0n) is 53.5. The van der Waals surface area contributed by atoms with E-state index in [1.165, 1.54) is 155 Å². The van der Waals surface area contributed by atoms with Crippen LogP contribution >= 0.6 is 0 Å². The molecule has 2 spiro atoms. The molecule has 4 aliphatic carbocycles. The number of aromatic nitrogens is 1. The molecular weight excluding hydrogens is 1110 g/mol. The molecule has 1 heterocycles. The van der Waals surface area contributed by atoms with Crippen molar-refractivity contribution in [2.45, 2.75) is 77.0 Å². The molecule has 0 atom stereocenters. The van der Waals surface area contributed by atoms with Crippen molar-refractivity contribution in [2.75, 3.05) is 4.90 Å². The van der Waals surface area contributed by atoms with Crippen molar-refractivity contribution >= 4 is 38.9 Å². The van der Waals surface area contributed by atoms with Gasteiger partial charge in [-0.25, -0.2) is 0 Å². The smallest absolute Gasteiger partial charge is 0.0726 e. The van der Waals surface area contributed by atoms with E-state index in [2.05, 4.69) is 344 Å². The van der Waals surface area contributed by atoms with Gasteiger partial charge in [0.2, 0.25) is 0 Å². The van der Waals surface area contributed by atoms with E-state index in [-0.39, 0.29) is 10.8 Å². The topological polar surface area (TPSA) is 8.17 Å². The first kappa shape index (κ1) is 54.4. The second kappa shape index (κ2) is 19.5. The Balaban J connectivity index is 0.807. The summed E-state index contributed by atoms with van der Waals surface area (Å²) >= 11 is 0. The minimum absolute atomic E-state index is 0.0276. The summed E-state index contributed by atoms with van der Waals surface area (Å²) in [6, 6.07) is 107. The van der Waals surface area contributed by atoms with Gasteiger partial charge in [0.1, 0.15) is 0 Å². The average Bonchev–Trinajstić information content (AvgIpc) is 1.52. The number of benzene rings is 13. The van der Waals surface area contributed by atoms with E-state index >= 15 is 0 Å². The van der Waals surface area contributed by atoms with E-state index in [0.717, 1.165) is 22.6 Å². The van der Waals surface area contributed by atoms with Crippen molar-refractivity contribution in [1.29, 1.82) is 0 Å². The van der Waals surface area contributed by atoms with E-state index in [1.54, 1.807) is 0 Å². The Morgan fingerprint density at radius 1 is 0.272 bits per heavy atom. The zero-order chi connectivity index (χ0) is 62.2. The van der Waals surface area contributed by atoms with E-state index in [9.17, 15) is 0 Å². The summed E-state index contributed by atoms with van der Waals surface area (Å²) in [7, 11) is 0. The van der Waals surface area contributed by atoms with Gasteiger partial charge >= 0.3 is 0 Å². The third-order valence-corrected chi connectivity index (χ3v) is 21.3. The highest BCUT2D eigenvalue weighted by molar-refractivity contribution is 6.10. The molecule has 4 aliphatic rings. The molecule has 0 saturated carbocycles. The highest BCUT2D eigenvalue weighted by Crippen LogP contribution is 2.66. The Bertz CT molecular complexity index is 5060. The van der Waals surface area contributed by atoms with Gasteiger partial charge in [0, 0.05) is 27.8 Å². The van der Waals surface area contributed by atoms with Gasteiger partial charge < -0.3 is 9.47 Å². The third-order valence-electron chi connectivity index (χ3n) is 21.3. The molecule has 0 bridgehead atoms. The minimum atomic E-state index is -0.505. The van der Waals surface area contributed by atoms with Crippen LogP contribution in [-0.4, -0.2) is 4.57 Å². The standard InChI is InChI=1S/C90H70N2/c1-55-47-60(48-56(2)86(55)92-84-45-39-61(87(3,4)5)51-74(84)75-52-62(88(6,7)8)40-46-85(75)92)58-24-21-23-57(49-58)59-25-22-26-63(50-59)91(64-41-43-72-70-31-13-19-37-80(70)89(82(72)53-64)76-33-15-9-27-66(76)67-28-10-16-34-77(67)89)65-42-44-73-71-32-14-20-38-81(71)90(83(73)54-65)78-35-17-11-29-68(78)69-30-12-18-36-79(69)90/h9-54H,1-8H3. The first-order chi connectivity index (χ1) is 44.7. The molecule has 0 amide bonds. The summed E-state index contributed by atoms with van der Waals surface area (Å²) in [6.07, 6.45) is 0. The maximum absolute atomic E-state index is 2.55. The van der Waals surface area contributed by atoms with Crippen molar-refractivity contribution in [3.63, 3.8) is 0 Å². The molecule has 18 rings (SSSR count). The highest BCUT2D eigenvalue weighted by atomic mass is 15.1. The number of anilines is 3. The Labute approximate surface area is 540 Å². The monoisotopic (exact) mass is 1180 g/mol. The van der Waals surface area contributed by atoms with Gasteiger partial charge in [-0.05, 0) is 237 Å². The number of hydrogen-bond donors (Lipinski definition) is 0. The van der Waals surface area contributed by atoms with Crippen LogP contribution in [0.15, 0.2) is 279 Å². The molecular formula is C90H70N2. The van der Waals surface area contributed by atoms with E-state index in [1.807, 2.05) is 0 Å². The molecule has 13 aromatic carbocycles. The van der Waals surface area contributed by atoms with Crippen LogP contribution in [0.1, 0.15) is 108 Å². The summed E-state index contributed by atoms with van der Waals surface area (Å²) in [5.41, 5.74) is 37.0. The quantitative estimate of drug-likeness (QED) is 0.161. The second-order valence-corrected chi connectivity index (χ2v) is 28.5. The zero-order valence-corrected chi connectivity index (χ0v) is 53.5. The molecule has 92 heavy (non-hydrogen) atoms. The fourth-order valence-corrected chi connectivity index (χ4v) is 17.3. The first-order valence-corrected chi connectivity index (χ1v) is 32.8. The molecule has 0 saturated heterocycles. The predicted molar refractivity (Wildman–Crippen MR) is 386 cm³/mol. The van der Waals surface area contributed by atoms with Crippen LogP contribution in [0.5, 0.6) is 0 Å². The highest BCUT2D eigenvalue weighted by Gasteiger charge is 2.53. The van der Waals surface area contributed by atoms with Gasteiger partial charge in [0.25, 0.3) is 0 Å². The first-order valence-electron chi connectivity index (χ1n) is 32.8. The third kappa shape index (κ3) is 7.50. The van der Waals surface area contributed by atoms with Crippen LogP contribution in [0.4, 0.5) is 17.1 Å². The fourth-order valence-electron chi connectivity index (χ4n) is 17.3. The van der Waals surface area contributed by atoms with Crippen LogP contribution in [-0.2, 0) is 21.7 Å². The molecule has 2 nitrogen and oxygen atoms in total. The minimum Gasteiger partial charge on any atom is -0.310 e. The number of rotatable bonds is 6. The van der Waals surface area contributed by atoms with Gasteiger partial charge in [-0.1, -0.05) is 242 Å². The molecule has 1 aromatic heterocycles. The van der Waals surface area contributed by atoms with Crippen molar-refractivity contribution in [3.8, 4) is 72.4 Å². The molecule has 0 aliphatic heterocycles. The fraction of sp³-hybridized carbons (Fsp3) is 0.133. The Morgan fingerprint density at radius 2 is 0.598 bits per heavy atom. The summed E-state index contributed by atoms with van der Waals surface area (Å²) < 4.78 is 2.53. The van der Waals surface area contributed by atoms with Crippen molar-refractivity contribution in [2.24, 2.45) is 0 Å². The van der Waals surface area contributed by atoms with Crippen LogP contribution in [0.25, 0.3) is 94.3 Å². The maximum atomic E-state index is 2.55. The van der Waals surface area contributed by atoms with Gasteiger partial charge in [0.15, 0.2) is 0 Å². The van der Waals surface area contributed by atoms with E-state index in [4.69, 9.17) is 0 Å². The number of fused-ring (bicyclic) bond motifs is 23. The van der Waals surface area contributed by atoms with Gasteiger partial charge in [-0.3, -0.25) is 0 Å². The Morgan fingerprint density at radius 3 is 0.978 bits per heavy atom. The lowest BCUT2D eigenvalue weighted by Gasteiger charge is -2.33. The molecule has 440 valence electrons. The van der Waals surface area contributed by atoms with Crippen LogP contribution < -0.4 is 4.90 Å². The summed E-state index contributed by atoms with van der Waals surface area (Å²) in [5.74, 6) is 0. The van der Waals surface area contributed by atoms with Gasteiger partial charge in [-0.15, -0.1) is 0 Å². The van der Waals surface area contributed by atoms with Crippen molar-refractivity contribution in [3.05, 3.63) is 346 Å². The Hall–Kier alpha value is -10.5. The summed E-state index contributed by atoms with van der Waals surface area (Å²) in [4.78, 5) is 2.55.